The Kier molecular flexibility index (Phi) is 4.95. The topological polar surface area (TPSA) is 84.8 Å². The summed E-state index contributed by atoms with van der Waals surface area (Å²) in [6, 6.07) is 7.27. The van der Waals surface area contributed by atoms with Crippen molar-refractivity contribution >= 4 is 22.0 Å². The number of rotatable bonds is 5. The monoisotopic (exact) mass is 310 g/mol. The molecule has 1 aromatic rings. The quantitative estimate of drug-likeness (QED) is 0.649. The van der Waals surface area contributed by atoms with Crippen LogP contribution in [-0.4, -0.2) is 39.2 Å². The van der Waals surface area contributed by atoms with Crippen molar-refractivity contribution in [3.8, 4) is 5.75 Å². The first-order chi connectivity index (χ1) is 9.98. The van der Waals surface area contributed by atoms with Gasteiger partial charge in [-0.3, -0.25) is 4.79 Å². The minimum atomic E-state index is -2.94. The second-order valence-electron chi connectivity index (χ2n) is 5.04. The maximum Gasteiger partial charge on any atom is 0.240 e. The molecule has 0 aliphatic carbocycles. The largest absolute Gasteiger partial charge is 0.497 e. The van der Waals surface area contributed by atoms with E-state index in [0.29, 0.717) is 12.2 Å². The summed E-state index contributed by atoms with van der Waals surface area (Å²) in [6.45, 7) is 0. The van der Waals surface area contributed by atoms with Gasteiger partial charge in [0.25, 0.3) is 0 Å². The van der Waals surface area contributed by atoms with Crippen LogP contribution < -0.4 is 10.2 Å². The molecule has 1 fully saturated rings. The number of methoxy groups -OCH3 is 1. The third-order valence-electron chi connectivity index (χ3n) is 3.30. The second kappa shape index (κ2) is 6.71. The zero-order chi connectivity index (χ0) is 15.3. The first-order valence-corrected chi connectivity index (χ1v) is 8.47. The highest BCUT2D eigenvalue weighted by atomic mass is 32.2. The lowest BCUT2D eigenvalue weighted by Crippen LogP contribution is -2.21. The molecule has 1 atom stereocenters. The summed E-state index contributed by atoms with van der Waals surface area (Å²) in [5, 5.41) is 3.87. The van der Waals surface area contributed by atoms with E-state index in [-0.39, 0.29) is 29.8 Å². The van der Waals surface area contributed by atoms with Crippen LogP contribution in [0, 0.1) is 5.92 Å². The molecule has 1 N–H and O–H groups in total. The fourth-order valence-corrected chi connectivity index (χ4v) is 4.10. The Labute approximate surface area is 124 Å². The zero-order valence-electron chi connectivity index (χ0n) is 11.8. The van der Waals surface area contributed by atoms with Crippen LogP contribution in [0.25, 0.3) is 0 Å². The van der Waals surface area contributed by atoms with Gasteiger partial charge in [0.1, 0.15) is 5.75 Å². The van der Waals surface area contributed by atoms with Crippen molar-refractivity contribution in [3.05, 3.63) is 29.8 Å². The van der Waals surface area contributed by atoms with E-state index >= 15 is 0 Å². The highest BCUT2D eigenvalue weighted by molar-refractivity contribution is 7.91. The molecule has 0 saturated carbocycles. The van der Waals surface area contributed by atoms with Crippen LogP contribution >= 0.6 is 0 Å². The van der Waals surface area contributed by atoms with Crippen molar-refractivity contribution in [2.45, 2.75) is 12.8 Å². The van der Waals surface area contributed by atoms with Gasteiger partial charge in [0.05, 0.1) is 24.8 Å². The Morgan fingerprint density at radius 3 is 3.00 bits per heavy atom. The lowest BCUT2D eigenvalue weighted by Gasteiger charge is -2.05. The molecule has 1 heterocycles. The molecule has 2 rings (SSSR count). The number of nitrogens with zero attached hydrogens (tertiary/aromatic N) is 1. The average Bonchev–Trinajstić information content (AvgIpc) is 2.78. The number of carbonyl (C=O) groups is 1. The van der Waals surface area contributed by atoms with Crippen molar-refractivity contribution in [2.24, 2.45) is 11.0 Å². The van der Waals surface area contributed by atoms with Crippen LogP contribution in [0.1, 0.15) is 18.4 Å². The van der Waals surface area contributed by atoms with Gasteiger partial charge in [-0.05, 0) is 30.0 Å². The Morgan fingerprint density at radius 1 is 1.52 bits per heavy atom. The van der Waals surface area contributed by atoms with Crippen molar-refractivity contribution in [1.29, 1.82) is 0 Å². The Morgan fingerprint density at radius 2 is 2.33 bits per heavy atom. The Bertz CT molecular complexity index is 640. The number of amides is 1. The summed E-state index contributed by atoms with van der Waals surface area (Å²) < 4.78 is 27.7. The van der Waals surface area contributed by atoms with Gasteiger partial charge in [-0.1, -0.05) is 12.1 Å². The minimum absolute atomic E-state index is 0.0954. The molecule has 1 aliphatic heterocycles. The van der Waals surface area contributed by atoms with Gasteiger partial charge >= 0.3 is 0 Å². The molecule has 114 valence electrons. The summed E-state index contributed by atoms with van der Waals surface area (Å²) in [5.74, 6) is 0.623. The van der Waals surface area contributed by atoms with Crippen LogP contribution in [0.3, 0.4) is 0 Å². The maximum absolute atomic E-state index is 11.7. The summed E-state index contributed by atoms with van der Waals surface area (Å²) in [7, 11) is -1.37. The predicted octanol–water partition coefficient (Wildman–Crippen LogP) is 0.970. The molecule has 6 nitrogen and oxygen atoms in total. The summed E-state index contributed by atoms with van der Waals surface area (Å²) in [5.41, 5.74) is 3.22. The molecule has 1 saturated heterocycles. The van der Waals surface area contributed by atoms with E-state index in [9.17, 15) is 13.2 Å². The first-order valence-electron chi connectivity index (χ1n) is 6.65. The molecule has 1 amide bonds. The van der Waals surface area contributed by atoms with Crippen LogP contribution in [0.2, 0.25) is 0 Å². The van der Waals surface area contributed by atoms with Gasteiger partial charge < -0.3 is 4.74 Å². The van der Waals surface area contributed by atoms with Crippen molar-refractivity contribution in [2.75, 3.05) is 18.6 Å². The first kappa shape index (κ1) is 15.5. The van der Waals surface area contributed by atoms with Gasteiger partial charge in [0.2, 0.25) is 5.91 Å². The molecule has 0 aromatic heterocycles. The van der Waals surface area contributed by atoms with Crippen molar-refractivity contribution < 1.29 is 17.9 Å². The lowest BCUT2D eigenvalue weighted by molar-refractivity contribution is -0.121. The zero-order valence-corrected chi connectivity index (χ0v) is 12.6. The average molecular weight is 310 g/mol. The summed E-state index contributed by atoms with van der Waals surface area (Å²) in [4.78, 5) is 11.7. The molecule has 1 aliphatic rings. The standard InChI is InChI=1S/C14H18N2O4S/c1-20-13-4-2-3-11(7-13)9-15-16-14(17)8-12-5-6-21(18,19)10-12/h2-4,7,9,12H,5-6,8,10H2,1H3,(H,16,17)/b15-9-/t12-/m0/s1. The normalized spacial score (nSPS) is 20.5. The molecular weight excluding hydrogens is 292 g/mol. The molecule has 7 heteroatoms. The van der Waals surface area contributed by atoms with E-state index in [1.165, 1.54) is 6.21 Å². The number of nitrogens with one attached hydrogen (secondary N) is 1. The van der Waals surface area contributed by atoms with Crippen molar-refractivity contribution in [3.63, 3.8) is 0 Å². The molecule has 1 aromatic carbocycles. The number of ether oxygens (including phenoxy) is 1. The van der Waals surface area contributed by atoms with Crippen LogP contribution in [0.5, 0.6) is 5.75 Å². The number of carbonyl (C=O) groups excluding carboxylic acids is 1. The Hall–Kier alpha value is -1.89. The highest BCUT2D eigenvalue weighted by Crippen LogP contribution is 2.21. The molecule has 0 spiro atoms. The SMILES string of the molecule is COc1cccc(/C=N\NC(=O)C[C@@H]2CCS(=O)(=O)C2)c1. The number of sulfone groups is 1. The van der Waals surface area contributed by atoms with Gasteiger partial charge in [-0.25, -0.2) is 13.8 Å². The molecular formula is C14H18N2O4S. The fraction of sp³-hybridized carbons (Fsp3) is 0.429. The number of hydrogen-bond donors (Lipinski definition) is 1. The van der Waals surface area contributed by atoms with E-state index in [0.717, 1.165) is 5.56 Å². The predicted molar refractivity (Wildman–Crippen MR) is 80.1 cm³/mol. The Balaban J connectivity index is 1.82. The van der Waals surface area contributed by atoms with E-state index in [1.54, 1.807) is 13.2 Å². The number of benzene rings is 1. The van der Waals surface area contributed by atoms with Gasteiger partial charge in [0, 0.05) is 6.42 Å². The molecule has 0 bridgehead atoms. The number of hydrogen-bond acceptors (Lipinski definition) is 5. The van der Waals surface area contributed by atoms with Crippen LogP contribution in [-0.2, 0) is 14.6 Å². The molecule has 0 radical (unpaired) electrons. The second-order valence-corrected chi connectivity index (χ2v) is 7.27. The smallest absolute Gasteiger partial charge is 0.240 e. The fourth-order valence-electron chi connectivity index (χ4n) is 2.24. The summed E-state index contributed by atoms with van der Waals surface area (Å²) in [6.07, 6.45) is 2.26. The van der Waals surface area contributed by atoms with E-state index < -0.39 is 9.84 Å². The molecule has 21 heavy (non-hydrogen) atoms. The summed E-state index contributed by atoms with van der Waals surface area (Å²) >= 11 is 0. The van der Waals surface area contributed by atoms with E-state index in [2.05, 4.69) is 10.5 Å². The minimum Gasteiger partial charge on any atom is -0.497 e. The third kappa shape index (κ3) is 4.86. The van der Waals surface area contributed by atoms with E-state index in [4.69, 9.17) is 4.74 Å². The lowest BCUT2D eigenvalue weighted by atomic mass is 10.1. The van der Waals surface area contributed by atoms with Crippen molar-refractivity contribution in [1.82, 2.24) is 5.43 Å². The third-order valence-corrected chi connectivity index (χ3v) is 5.13. The highest BCUT2D eigenvalue weighted by Gasteiger charge is 2.29. The molecule has 0 unspecified atom stereocenters. The van der Waals surface area contributed by atoms with Crippen LogP contribution in [0.4, 0.5) is 0 Å². The maximum atomic E-state index is 11.7. The van der Waals surface area contributed by atoms with Gasteiger partial charge in [-0.2, -0.15) is 5.10 Å². The van der Waals surface area contributed by atoms with E-state index in [1.807, 2.05) is 18.2 Å². The van der Waals surface area contributed by atoms with Crippen LogP contribution in [0.15, 0.2) is 29.4 Å². The van der Waals surface area contributed by atoms with Gasteiger partial charge in [0.15, 0.2) is 9.84 Å². The van der Waals surface area contributed by atoms with Gasteiger partial charge in [-0.15, -0.1) is 0 Å². The number of hydrazone groups is 1.